The minimum Gasteiger partial charge on any atom is -0.346 e. The molecule has 0 unspecified atom stereocenters. The van der Waals surface area contributed by atoms with Crippen LogP contribution in [0.4, 0.5) is 5.13 Å². The van der Waals surface area contributed by atoms with Gasteiger partial charge in [0.05, 0.1) is 11.1 Å². The number of carbonyl (C=O) groups excluding carboxylic acids is 1. The Kier molecular flexibility index (Phi) is 3.49. The van der Waals surface area contributed by atoms with Crippen molar-refractivity contribution in [3.8, 4) is 0 Å². The Morgan fingerprint density at radius 1 is 1.41 bits per heavy atom. The topological polar surface area (TPSA) is 45.2 Å². The van der Waals surface area contributed by atoms with Crippen LogP contribution >= 0.6 is 11.3 Å². The van der Waals surface area contributed by atoms with Gasteiger partial charge >= 0.3 is 0 Å². The highest BCUT2D eigenvalue weighted by Crippen LogP contribution is 2.28. The normalized spacial score (nSPS) is 17.2. The number of piperazine rings is 1. The second kappa shape index (κ2) is 4.74. The zero-order chi connectivity index (χ0) is 12.5. The minimum atomic E-state index is -0.326. The molecule has 2 rings (SSSR count). The first kappa shape index (κ1) is 12.5. The summed E-state index contributed by atoms with van der Waals surface area (Å²) < 4.78 is 0. The lowest BCUT2D eigenvalue weighted by Crippen LogP contribution is -2.43. The van der Waals surface area contributed by atoms with E-state index in [9.17, 15) is 4.79 Å². The fourth-order valence-electron chi connectivity index (χ4n) is 1.74. The van der Waals surface area contributed by atoms with Crippen LogP contribution in [0.25, 0.3) is 0 Å². The molecule has 94 valence electrons. The summed E-state index contributed by atoms with van der Waals surface area (Å²) in [4.78, 5) is 19.5. The number of carbonyl (C=O) groups is 1. The van der Waals surface area contributed by atoms with Gasteiger partial charge in [0.25, 0.3) is 0 Å². The summed E-state index contributed by atoms with van der Waals surface area (Å²) >= 11 is 1.51. The number of nitrogens with one attached hydrogen (secondary N) is 1. The Balaban J connectivity index is 2.12. The van der Waals surface area contributed by atoms with Crippen LogP contribution < -0.4 is 10.2 Å². The third kappa shape index (κ3) is 2.84. The quantitative estimate of drug-likeness (QED) is 0.816. The van der Waals surface area contributed by atoms with Gasteiger partial charge in [0.2, 0.25) is 0 Å². The van der Waals surface area contributed by atoms with Gasteiger partial charge in [-0.3, -0.25) is 4.79 Å². The SMILES string of the molecule is CC(C)(C)C(=O)c1cnc(N2CCNCC2)s1. The highest BCUT2D eigenvalue weighted by Gasteiger charge is 2.25. The smallest absolute Gasteiger partial charge is 0.186 e. The summed E-state index contributed by atoms with van der Waals surface area (Å²) in [5.74, 6) is 0.177. The number of anilines is 1. The van der Waals surface area contributed by atoms with E-state index in [4.69, 9.17) is 0 Å². The summed E-state index contributed by atoms with van der Waals surface area (Å²) in [6.45, 7) is 9.75. The number of hydrogen-bond acceptors (Lipinski definition) is 5. The number of rotatable bonds is 2. The van der Waals surface area contributed by atoms with E-state index in [0.717, 1.165) is 36.2 Å². The predicted octanol–water partition coefficient (Wildman–Crippen LogP) is 1.78. The first-order chi connectivity index (χ1) is 7.98. The molecule has 0 bridgehead atoms. The molecule has 2 heterocycles. The first-order valence-corrected chi connectivity index (χ1v) is 6.76. The Bertz CT molecular complexity index is 402. The molecule has 1 N–H and O–H groups in total. The van der Waals surface area contributed by atoms with E-state index in [1.807, 2.05) is 20.8 Å². The molecule has 0 saturated carbocycles. The van der Waals surface area contributed by atoms with Gasteiger partial charge in [0.1, 0.15) is 0 Å². The lowest BCUT2D eigenvalue weighted by Gasteiger charge is -2.26. The number of aromatic nitrogens is 1. The van der Waals surface area contributed by atoms with Crippen molar-refractivity contribution in [2.45, 2.75) is 20.8 Å². The largest absolute Gasteiger partial charge is 0.346 e. The van der Waals surface area contributed by atoms with Crippen LogP contribution in [-0.2, 0) is 0 Å². The first-order valence-electron chi connectivity index (χ1n) is 5.95. The molecule has 0 aliphatic carbocycles. The van der Waals surface area contributed by atoms with Gasteiger partial charge in [0, 0.05) is 31.6 Å². The van der Waals surface area contributed by atoms with Crippen LogP contribution in [0.5, 0.6) is 0 Å². The zero-order valence-electron chi connectivity index (χ0n) is 10.6. The average Bonchev–Trinajstić information content (AvgIpc) is 2.77. The Hall–Kier alpha value is -0.940. The standard InChI is InChI=1S/C12H19N3OS/c1-12(2,3)10(16)9-8-14-11(17-9)15-6-4-13-5-7-15/h8,13H,4-7H2,1-3H3. The van der Waals surface area contributed by atoms with E-state index in [-0.39, 0.29) is 11.2 Å². The molecule has 1 aliphatic rings. The highest BCUT2D eigenvalue weighted by atomic mass is 32.1. The molecule has 1 saturated heterocycles. The van der Waals surface area contributed by atoms with E-state index in [1.54, 1.807) is 6.20 Å². The Morgan fingerprint density at radius 3 is 2.65 bits per heavy atom. The zero-order valence-corrected chi connectivity index (χ0v) is 11.4. The molecule has 0 spiro atoms. The lowest BCUT2D eigenvalue weighted by atomic mass is 9.90. The molecular weight excluding hydrogens is 234 g/mol. The molecule has 4 nitrogen and oxygen atoms in total. The fraction of sp³-hybridized carbons (Fsp3) is 0.667. The molecule has 0 radical (unpaired) electrons. The molecule has 1 aromatic heterocycles. The van der Waals surface area contributed by atoms with E-state index >= 15 is 0 Å². The van der Waals surface area contributed by atoms with Crippen LogP contribution in [-0.4, -0.2) is 36.9 Å². The number of thiazole rings is 1. The van der Waals surface area contributed by atoms with Gasteiger partial charge in [-0.15, -0.1) is 0 Å². The van der Waals surface area contributed by atoms with Crippen LogP contribution in [0.15, 0.2) is 6.20 Å². The molecule has 1 fully saturated rings. The van der Waals surface area contributed by atoms with Crippen molar-refractivity contribution in [2.75, 3.05) is 31.1 Å². The average molecular weight is 253 g/mol. The second-order valence-corrected chi connectivity index (χ2v) is 6.33. The molecule has 0 amide bonds. The molecule has 1 aromatic rings. The van der Waals surface area contributed by atoms with Crippen molar-refractivity contribution in [1.29, 1.82) is 0 Å². The summed E-state index contributed by atoms with van der Waals surface area (Å²) in [6.07, 6.45) is 1.72. The molecule has 0 atom stereocenters. The minimum absolute atomic E-state index is 0.177. The van der Waals surface area contributed by atoms with Gasteiger partial charge in [-0.2, -0.15) is 0 Å². The van der Waals surface area contributed by atoms with Gasteiger partial charge in [-0.05, 0) is 0 Å². The van der Waals surface area contributed by atoms with Gasteiger partial charge in [-0.1, -0.05) is 32.1 Å². The number of ketones is 1. The maximum atomic E-state index is 12.1. The molecule has 5 heteroatoms. The number of hydrogen-bond donors (Lipinski definition) is 1. The Labute approximate surface area is 106 Å². The van der Waals surface area contributed by atoms with Crippen LogP contribution in [0.3, 0.4) is 0 Å². The molecular formula is C12H19N3OS. The fourth-order valence-corrected chi connectivity index (χ4v) is 2.86. The lowest BCUT2D eigenvalue weighted by molar-refractivity contribution is 0.0862. The maximum absolute atomic E-state index is 12.1. The van der Waals surface area contributed by atoms with Crippen molar-refractivity contribution in [1.82, 2.24) is 10.3 Å². The van der Waals surface area contributed by atoms with Crippen molar-refractivity contribution in [2.24, 2.45) is 5.41 Å². The van der Waals surface area contributed by atoms with E-state index in [2.05, 4.69) is 15.2 Å². The molecule has 0 aromatic carbocycles. The summed E-state index contributed by atoms with van der Waals surface area (Å²) in [7, 11) is 0. The van der Waals surface area contributed by atoms with E-state index in [1.165, 1.54) is 11.3 Å². The maximum Gasteiger partial charge on any atom is 0.186 e. The third-order valence-electron chi connectivity index (χ3n) is 2.79. The molecule has 17 heavy (non-hydrogen) atoms. The number of Topliss-reactive ketones (excluding diaryl/α,β-unsaturated/α-hetero) is 1. The van der Waals surface area contributed by atoms with Crippen molar-refractivity contribution >= 4 is 22.3 Å². The number of nitrogens with zero attached hydrogens (tertiary/aromatic N) is 2. The van der Waals surface area contributed by atoms with Gasteiger partial charge < -0.3 is 10.2 Å². The van der Waals surface area contributed by atoms with Crippen LogP contribution in [0.2, 0.25) is 0 Å². The van der Waals surface area contributed by atoms with E-state index in [0.29, 0.717) is 0 Å². The van der Waals surface area contributed by atoms with Crippen molar-refractivity contribution < 1.29 is 4.79 Å². The summed E-state index contributed by atoms with van der Waals surface area (Å²) in [5.41, 5.74) is -0.326. The molecule has 1 aliphatic heterocycles. The Morgan fingerprint density at radius 2 is 2.06 bits per heavy atom. The van der Waals surface area contributed by atoms with E-state index < -0.39 is 0 Å². The highest BCUT2D eigenvalue weighted by molar-refractivity contribution is 7.17. The van der Waals surface area contributed by atoms with Crippen LogP contribution in [0.1, 0.15) is 30.4 Å². The third-order valence-corrected chi connectivity index (χ3v) is 3.84. The monoisotopic (exact) mass is 253 g/mol. The predicted molar refractivity (Wildman–Crippen MR) is 71.0 cm³/mol. The van der Waals surface area contributed by atoms with Crippen molar-refractivity contribution in [3.05, 3.63) is 11.1 Å². The summed E-state index contributed by atoms with van der Waals surface area (Å²) in [5, 5.41) is 4.28. The van der Waals surface area contributed by atoms with Crippen LogP contribution in [0, 0.1) is 5.41 Å². The van der Waals surface area contributed by atoms with Gasteiger partial charge in [-0.25, -0.2) is 4.98 Å². The van der Waals surface area contributed by atoms with Gasteiger partial charge in [0.15, 0.2) is 10.9 Å². The van der Waals surface area contributed by atoms with Crippen molar-refractivity contribution in [3.63, 3.8) is 0 Å². The summed E-state index contributed by atoms with van der Waals surface area (Å²) in [6, 6.07) is 0. The second-order valence-electron chi connectivity index (χ2n) is 5.32.